The Balaban J connectivity index is 0.000000122. The third-order valence-electron chi connectivity index (χ3n) is 22.8. The molecule has 27 nitrogen and oxygen atoms in total. The topological polar surface area (TPSA) is 308 Å². The van der Waals surface area contributed by atoms with Crippen LogP contribution in [0, 0.1) is 70.0 Å². The molecule has 24 rings (SSSR count). The summed E-state index contributed by atoms with van der Waals surface area (Å²) in [6.07, 6.45) is 32.1. The molecule has 0 amide bonds. The molecule has 12 aromatic heterocycles. The zero-order valence-corrected chi connectivity index (χ0v) is 66.2. The van der Waals surface area contributed by atoms with Gasteiger partial charge in [0.25, 0.3) is 0 Å². The Morgan fingerprint density at radius 1 is 0.432 bits per heavy atom. The Kier molecular flexibility index (Phi) is 18.6. The normalized spacial score (nSPS) is 21.9. The van der Waals surface area contributed by atoms with E-state index in [0.717, 1.165) is 92.9 Å². The molecule has 118 heavy (non-hydrogen) atoms. The Labute approximate surface area is 698 Å². The Morgan fingerprint density at radius 3 is 1.02 bits per heavy atom. The number of hydrogen-bond acceptors (Lipinski definition) is 24. The van der Waals surface area contributed by atoms with Gasteiger partial charge in [-0.1, -0.05) is 47.8 Å². The number of anilines is 3. The van der Waals surface area contributed by atoms with Gasteiger partial charge in [-0.3, -0.25) is 14.7 Å². The highest BCUT2D eigenvalue weighted by atomic mass is 79.9. The third-order valence-corrected chi connectivity index (χ3v) is 23.3. The zero-order chi connectivity index (χ0) is 86.4. The lowest BCUT2D eigenvalue weighted by Crippen LogP contribution is -2.68. The van der Waals surface area contributed by atoms with Gasteiger partial charge in [-0.25, -0.2) is 43.5 Å². The number of methoxy groups -OCH3 is 3. The maximum atomic E-state index is 10.2. The number of rotatable bonds is 15. The number of aliphatic hydroxyl groups is 3. The van der Waals surface area contributed by atoms with Gasteiger partial charge in [0.2, 0.25) is 17.6 Å². The number of nitriles is 3. The summed E-state index contributed by atoms with van der Waals surface area (Å²) in [7, 11) is 4.63. The van der Waals surface area contributed by atoms with E-state index in [4.69, 9.17) is 48.9 Å². The second-order valence-corrected chi connectivity index (χ2v) is 31.8. The molecule has 3 saturated carbocycles. The summed E-state index contributed by atoms with van der Waals surface area (Å²) in [6, 6.07) is 35.1. The van der Waals surface area contributed by atoms with Crippen molar-refractivity contribution in [3.63, 3.8) is 0 Å². The van der Waals surface area contributed by atoms with Crippen LogP contribution in [0.25, 0.3) is 49.9 Å². The number of aromatic nitrogens is 12. The fraction of sp³-hybridized carbons (Fsp3) is 0.333. The van der Waals surface area contributed by atoms with Crippen molar-refractivity contribution in [2.45, 2.75) is 130 Å². The maximum Gasteiger partial charge on any atom is 0.212 e. The summed E-state index contributed by atoms with van der Waals surface area (Å²) < 4.78 is 74.2. The Bertz CT molecular complexity index is 6140. The Hall–Kier alpha value is -12.8. The van der Waals surface area contributed by atoms with Crippen LogP contribution in [0.2, 0.25) is 0 Å². The number of pyridine rings is 9. The molecule has 6 bridgehead atoms. The first kappa shape index (κ1) is 69.5. The van der Waals surface area contributed by atoms with Crippen molar-refractivity contribution in [2.24, 2.45) is 0 Å². The van der Waals surface area contributed by atoms with Crippen molar-refractivity contribution in [1.29, 1.82) is 15.8 Å². The highest BCUT2D eigenvalue weighted by Gasteiger charge is 2.48. The van der Waals surface area contributed by atoms with E-state index < -0.39 is 36.3 Å². The van der Waals surface area contributed by atoms with Crippen LogP contribution in [-0.4, -0.2) is 202 Å². The summed E-state index contributed by atoms with van der Waals surface area (Å²) in [5, 5.41) is 70.9. The van der Waals surface area contributed by atoms with Crippen LogP contribution >= 0.6 is 15.9 Å². The molecule has 12 fully saturated rings. The van der Waals surface area contributed by atoms with E-state index in [1.54, 1.807) is 133 Å². The number of terminal acetylenes is 1. The van der Waals surface area contributed by atoms with E-state index in [0.29, 0.717) is 138 Å². The van der Waals surface area contributed by atoms with E-state index in [9.17, 15) is 26.0 Å². The fourth-order valence-corrected chi connectivity index (χ4v) is 16.2. The van der Waals surface area contributed by atoms with Crippen molar-refractivity contribution in [2.75, 3.05) is 75.3 Å². The van der Waals surface area contributed by atoms with Gasteiger partial charge < -0.3 is 44.2 Å². The van der Waals surface area contributed by atoms with E-state index in [1.165, 1.54) is 0 Å². The molecule has 9 aliphatic heterocycles. The van der Waals surface area contributed by atoms with E-state index >= 15 is 0 Å². The first-order valence-corrected chi connectivity index (χ1v) is 39.6. The molecular formula is C90H82BrN21O6. The molecule has 6 unspecified atom stereocenters. The molecule has 28 heteroatoms. The standard InChI is InChI=1S/2C30H27N7O2.C25H22BrN7O.C5H6O/c2*1-39-28-5-2-21(13-33-28)16-36-24-11-25(36)19-35(18-24)27-4-3-22(14-32-27)26-10-20(6-7-30(38)8-9-30)17-37-29(26)23(12-31)15-34-37;1-34-24-5-2-16(9-29-24)12-32-20-7-21(32)15-31(14-20)23-4-3-17(10-28-23)22-6-19(26)13-33-25(22)18(8-27)11-30-33;1-2-5(6)3-4-5/h2*2-5,10,13-15,17,24-25,38H,8-9,11,16,18-19H2,1H3;2-6,9-11,13,20-21H,7,12,14-15H2,1H3;1,6H,3-4H2/i2*16D2;12D2;. The van der Waals surface area contributed by atoms with Crippen LogP contribution in [0.5, 0.6) is 17.6 Å². The number of piperidine rings is 3. The average Bonchev–Trinajstić information content (AvgIpc) is 1.47. The predicted molar refractivity (Wildman–Crippen MR) is 444 cm³/mol. The van der Waals surface area contributed by atoms with Crippen molar-refractivity contribution in [1.82, 2.24) is 73.4 Å². The minimum absolute atomic E-state index is 0.0634. The molecule has 3 aliphatic carbocycles. The minimum atomic E-state index is -1.63. The van der Waals surface area contributed by atoms with Gasteiger partial charge in [-0.05, 0) is 145 Å². The molecule has 6 atom stereocenters. The SMILES string of the molecule is C#CC1(O)CC1.[2H]C([2H])(c1ccc(OC)nc1)N1C2CC1CN(c1ccc(-c3cc(Br)cn4ncc(C#N)c34)cn1)C2.[2H]C([2H])(c1ccc(OC)nc1)N1C2CC1CN(c1ccc(-c3cc(C#CC4(O)CC4)cn4ncc(C#N)c34)cn1)C2.[2H]C([2H])(c1ccc(OC)nc1)N1C2CC1CN(c1ccc(-c3cc(C#CC4(O)CC4)cn4ncc(C#N)c34)cn1)C2. The number of nitrogens with zero attached hydrogens (tertiary/aromatic N) is 21. The van der Waals surface area contributed by atoms with Gasteiger partial charge in [-0.2, -0.15) is 31.1 Å². The molecule has 0 aromatic carbocycles. The quantitative estimate of drug-likeness (QED) is 0.0804. The van der Waals surface area contributed by atoms with Crippen LogP contribution in [-0.2, 0) is 19.5 Å². The number of halogens is 1. The van der Waals surface area contributed by atoms with E-state index in [-0.39, 0.29) is 36.3 Å². The van der Waals surface area contributed by atoms with Gasteiger partial charge in [0.15, 0.2) is 0 Å². The second kappa shape index (κ2) is 31.6. The molecule has 590 valence electrons. The summed E-state index contributed by atoms with van der Waals surface area (Å²) >= 11 is 3.53. The van der Waals surface area contributed by atoms with Crippen LogP contribution in [0.15, 0.2) is 170 Å². The smallest absolute Gasteiger partial charge is 0.212 e. The van der Waals surface area contributed by atoms with Crippen molar-refractivity contribution >= 4 is 49.9 Å². The second-order valence-electron chi connectivity index (χ2n) is 30.9. The maximum absolute atomic E-state index is 10.2. The predicted octanol–water partition coefficient (Wildman–Crippen LogP) is 10.1. The lowest BCUT2D eigenvalue weighted by atomic mass is 9.87. The summed E-state index contributed by atoms with van der Waals surface area (Å²) in [4.78, 5) is 39.4. The molecule has 3 N–H and O–H groups in total. The Morgan fingerprint density at radius 2 is 0.754 bits per heavy atom. The number of fused-ring (bicyclic) bond motifs is 9. The van der Waals surface area contributed by atoms with Gasteiger partial charge in [0.05, 0.1) is 73.2 Å². The van der Waals surface area contributed by atoms with Crippen molar-refractivity contribution in [3.8, 4) is 105 Å². The van der Waals surface area contributed by atoms with Crippen LogP contribution in [0.3, 0.4) is 0 Å². The largest absolute Gasteiger partial charge is 0.481 e. The van der Waals surface area contributed by atoms with Crippen molar-refractivity contribution < 1.29 is 37.8 Å². The third kappa shape index (κ3) is 15.9. The molecule has 21 heterocycles. The number of hydrogen-bond donors (Lipinski definition) is 3. The first-order valence-electron chi connectivity index (χ1n) is 41.8. The van der Waals surface area contributed by atoms with Gasteiger partial charge in [0.1, 0.15) is 52.5 Å². The lowest BCUT2D eigenvalue weighted by molar-refractivity contribution is -0.00879. The van der Waals surface area contributed by atoms with Crippen LogP contribution < -0.4 is 28.9 Å². The minimum Gasteiger partial charge on any atom is -0.481 e. The highest BCUT2D eigenvalue weighted by Crippen LogP contribution is 2.42. The molecule has 12 aromatic rings. The average molecular weight is 1640 g/mol. The van der Waals surface area contributed by atoms with Crippen LogP contribution in [0.4, 0.5) is 17.5 Å². The number of ether oxygens (including phenoxy) is 3. The van der Waals surface area contributed by atoms with Crippen molar-refractivity contribution in [3.05, 3.63) is 214 Å². The van der Waals surface area contributed by atoms with Crippen LogP contribution in [0.1, 0.15) is 111 Å². The lowest BCUT2D eigenvalue weighted by Gasteiger charge is -2.56. The van der Waals surface area contributed by atoms with Gasteiger partial charge in [-0.15, -0.1) is 6.42 Å². The molecule has 0 spiro atoms. The monoisotopic (exact) mass is 1640 g/mol. The molecular weight excluding hydrogens is 1550 g/mol. The van der Waals surface area contributed by atoms with E-state index in [2.05, 4.69) is 109 Å². The first-order chi connectivity index (χ1) is 59.7. The van der Waals surface area contributed by atoms with Gasteiger partial charge in [0, 0.05) is 226 Å². The summed E-state index contributed by atoms with van der Waals surface area (Å²) in [6.45, 7) is -0.773. The zero-order valence-electron chi connectivity index (χ0n) is 70.6. The molecule has 12 aliphatic rings. The highest BCUT2D eigenvalue weighted by molar-refractivity contribution is 9.10. The summed E-state index contributed by atoms with van der Waals surface area (Å²) in [5.41, 5.74) is 9.07. The molecule has 9 saturated heterocycles. The number of piperazine rings is 3. The fourth-order valence-electron chi connectivity index (χ4n) is 15.8. The van der Waals surface area contributed by atoms with E-state index in [1.807, 2.05) is 81.7 Å². The summed E-state index contributed by atoms with van der Waals surface area (Å²) in [5.74, 6) is 18.2. The van der Waals surface area contributed by atoms with Gasteiger partial charge >= 0.3 is 0 Å². The molecule has 0 radical (unpaired) electrons.